The quantitative estimate of drug-likeness (QED) is 0.300. The predicted molar refractivity (Wildman–Crippen MR) is 88.9 cm³/mol. The van der Waals surface area contributed by atoms with E-state index in [0.29, 0.717) is 0 Å². The van der Waals surface area contributed by atoms with Crippen LogP contribution in [0.1, 0.15) is 25.8 Å². The first-order chi connectivity index (χ1) is 11.4. The van der Waals surface area contributed by atoms with Gasteiger partial charge in [-0.2, -0.15) is 5.48 Å². The number of hydrogen-bond donors (Lipinski definition) is 1. The highest BCUT2D eigenvalue weighted by atomic mass is 35.5. The van der Waals surface area contributed by atoms with Crippen molar-refractivity contribution in [1.29, 1.82) is 0 Å². The standard InChI is InChI=1S/C17H20ClNO5/c1-17(2,8-9-20)24-19-14(15(21)11-18)10-16(22)23-12-13-6-4-3-5-7-13/h3-8,14,19H,10-12H2,1-2H3/t14-/m0/s1. The molecule has 0 aromatic heterocycles. The maximum Gasteiger partial charge on any atom is 0.308 e. The second-order valence-electron chi connectivity index (χ2n) is 5.59. The van der Waals surface area contributed by atoms with Crippen LogP contribution in [0.5, 0.6) is 0 Å². The highest BCUT2D eigenvalue weighted by molar-refractivity contribution is 6.28. The molecule has 24 heavy (non-hydrogen) atoms. The first kappa shape index (κ1) is 20.1. The minimum absolute atomic E-state index is 0.113. The summed E-state index contributed by atoms with van der Waals surface area (Å²) in [7, 11) is 0. The van der Waals surface area contributed by atoms with Gasteiger partial charge in [0.05, 0.1) is 12.3 Å². The van der Waals surface area contributed by atoms with Crippen LogP contribution in [-0.2, 0) is 30.6 Å². The van der Waals surface area contributed by atoms with Gasteiger partial charge in [0, 0.05) is 6.08 Å². The fourth-order valence-corrected chi connectivity index (χ4v) is 1.86. The number of ether oxygens (including phenoxy) is 1. The molecule has 1 atom stereocenters. The van der Waals surface area contributed by atoms with Crippen LogP contribution in [-0.4, -0.2) is 35.2 Å². The Kier molecular flexibility index (Phi) is 8.36. The third kappa shape index (κ3) is 7.53. The topological polar surface area (TPSA) is 81.7 Å². The molecule has 6 nitrogen and oxygen atoms in total. The first-order valence-electron chi connectivity index (χ1n) is 7.31. The van der Waals surface area contributed by atoms with E-state index in [4.69, 9.17) is 21.2 Å². The van der Waals surface area contributed by atoms with Crippen LogP contribution in [0.3, 0.4) is 0 Å². The molecular weight excluding hydrogens is 334 g/mol. The summed E-state index contributed by atoms with van der Waals surface area (Å²) in [6.07, 6.45) is 0.912. The smallest absolute Gasteiger partial charge is 0.308 e. The minimum atomic E-state index is -0.986. The van der Waals surface area contributed by atoms with Crippen molar-refractivity contribution in [3.05, 3.63) is 42.0 Å². The number of benzene rings is 1. The lowest BCUT2D eigenvalue weighted by Crippen LogP contribution is -2.44. The molecule has 0 aliphatic carbocycles. The van der Waals surface area contributed by atoms with Crippen LogP contribution < -0.4 is 5.48 Å². The van der Waals surface area contributed by atoms with Crippen molar-refractivity contribution in [3.63, 3.8) is 0 Å². The number of hydrogen-bond acceptors (Lipinski definition) is 6. The Labute approximate surface area is 145 Å². The SMILES string of the molecule is CC(C)(C=C=O)ON[C@@H](CC(=O)OCc1ccccc1)C(=O)CCl. The Morgan fingerprint density at radius 3 is 2.58 bits per heavy atom. The number of alkyl halides is 1. The fraction of sp³-hybridized carbons (Fsp3) is 0.412. The monoisotopic (exact) mass is 353 g/mol. The Morgan fingerprint density at radius 1 is 1.33 bits per heavy atom. The van der Waals surface area contributed by atoms with Crippen LogP contribution in [0.4, 0.5) is 0 Å². The highest BCUT2D eigenvalue weighted by Gasteiger charge is 2.25. The van der Waals surface area contributed by atoms with Crippen molar-refractivity contribution >= 4 is 29.3 Å². The summed E-state index contributed by atoms with van der Waals surface area (Å²) in [4.78, 5) is 39.4. The third-order valence-corrected chi connectivity index (χ3v) is 3.27. The van der Waals surface area contributed by atoms with Gasteiger partial charge in [0.15, 0.2) is 5.78 Å². The van der Waals surface area contributed by atoms with Crippen molar-refractivity contribution in [1.82, 2.24) is 5.48 Å². The van der Waals surface area contributed by atoms with Crippen LogP contribution in [0, 0.1) is 0 Å². The number of carbonyl (C=O) groups excluding carboxylic acids is 3. The molecular formula is C17H20ClNO5. The summed E-state index contributed by atoms with van der Waals surface area (Å²) in [6, 6.07) is 8.21. The van der Waals surface area contributed by atoms with E-state index in [0.717, 1.165) is 11.6 Å². The summed E-state index contributed by atoms with van der Waals surface area (Å²) in [5, 5.41) is 0. The molecule has 0 saturated heterocycles. The molecule has 0 aliphatic rings. The summed E-state index contributed by atoms with van der Waals surface area (Å²) < 4.78 is 5.13. The van der Waals surface area contributed by atoms with Crippen molar-refractivity contribution in [3.8, 4) is 0 Å². The van der Waals surface area contributed by atoms with E-state index in [1.54, 1.807) is 19.8 Å². The molecule has 0 radical (unpaired) electrons. The number of rotatable bonds is 10. The first-order valence-corrected chi connectivity index (χ1v) is 7.85. The van der Waals surface area contributed by atoms with E-state index in [2.05, 4.69) is 5.48 Å². The van der Waals surface area contributed by atoms with E-state index >= 15 is 0 Å². The van der Waals surface area contributed by atoms with Gasteiger partial charge in [0.2, 0.25) is 0 Å². The average molecular weight is 354 g/mol. The van der Waals surface area contributed by atoms with Gasteiger partial charge >= 0.3 is 5.97 Å². The number of halogens is 1. The van der Waals surface area contributed by atoms with Gasteiger partial charge in [-0.3, -0.25) is 14.4 Å². The Balaban J connectivity index is 2.57. The molecule has 0 saturated carbocycles. The molecule has 0 fully saturated rings. The van der Waals surface area contributed by atoms with Crippen LogP contribution in [0.25, 0.3) is 0 Å². The molecule has 0 heterocycles. The number of carbonyl (C=O) groups is 2. The molecule has 1 rings (SSSR count). The summed E-state index contributed by atoms with van der Waals surface area (Å²) in [6.45, 7) is 3.31. The van der Waals surface area contributed by atoms with Gasteiger partial charge in [0.25, 0.3) is 0 Å². The number of ketones is 1. The minimum Gasteiger partial charge on any atom is -0.461 e. The predicted octanol–water partition coefficient (Wildman–Crippen LogP) is 1.98. The van der Waals surface area contributed by atoms with Gasteiger partial charge in [-0.1, -0.05) is 30.3 Å². The van der Waals surface area contributed by atoms with Crippen molar-refractivity contribution in [2.45, 2.75) is 38.5 Å². The lowest BCUT2D eigenvalue weighted by atomic mass is 10.1. The zero-order valence-corrected chi connectivity index (χ0v) is 14.3. The Morgan fingerprint density at radius 2 is 2.00 bits per heavy atom. The molecule has 0 spiro atoms. The number of Topliss-reactive ketones (excluding diaryl/α,β-unsaturated/α-hetero) is 1. The normalized spacial score (nSPS) is 12.1. The second kappa shape index (κ2) is 10.0. The maximum absolute atomic E-state index is 11.9. The van der Waals surface area contributed by atoms with Crippen molar-refractivity contribution in [2.24, 2.45) is 0 Å². The molecule has 0 unspecified atom stereocenters. The Bertz CT molecular complexity index is 596. The largest absolute Gasteiger partial charge is 0.461 e. The van der Waals surface area contributed by atoms with Gasteiger partial charge < -0.3 is 4.74 Å². The van der Waals surface area contributed by atoms with Crippen molar-refractivity contribution in [2.75, 3.05) is 5.88 Å². The lowest BCUT2D eigenvalue weighted by Gasteiger charge is -2.23. The number of hydroxylamine groups is 1. The zero-order valence-electron chi connectivity index (χ0n) is 13.6. The third-order valence-electron chi connectivity index (χ3n) is 3.00. The van der Waals surface area contributed by atoms with E-state index in [1.807, 2.05) is 30.3 Å². The molecule has 130 valence electrons. The van der Waals surface area contributed by atoms with Crippen LogP contribution in [0.15, 0.2) is 36.4 Å². The van der Waals surface area contributed by atoms with Crippen LogP contribution >= 0.6 is 11.6 Å². The van der Waals surface area contributed by atoms with E-state index in [9.17, 15) is 14.4 Å². The molecule has 0 aliphatic heterocycles. The molecule has 0 amide bonds. The molecule has 0 bridgehead atoms. The maximum atomic E-state index is 11.9. The average Bonchev–Trinajstić information content (AvgIpc) is 2.57. The van der Waals surface area contributed by atoms with Crippen LogP contribution in [0.2, 0.25) is 0 Å². The van der Waals surface area contributed by atoms with Gasteiger partial charge in [-0.05, 0) is 19.4 Å². The number of nitrogens with one attached hydrogen (secondary N) is 1. The molecule has 1 N–H and O–H groups in total. The van der Waals surface area contributed by atoms with Gasteiger partial charge in [-0.15, -0.1) is 11.6 Å². The summed E-state index contributed by atoms with van der Waals surface area (Å²) in [5.74, 6) is 0.346. The second-order valence-corrected chi connectivity index (χ2v) is 5.86. The molecule has 1 aromatic carbocycles. The zero-order chi connectivity index (χ0) is 18.0. The fourth-order valence-electron chi connectivity index (χ4n) is 1.67. The summed E-state index contributed by atoms with van der Waals surface area (Å²) >= 11 is 5.55. The highest BCUT2D eigenvalue weighted by Crippen LogP contribution is 2.10. The van der Waals surface area contributed by atoms with Crippen molar-refractivity contribution < 1.29 is 24.0 Å². The van der Waals surface area contributed by atoms with E-state index in [-0.39, 0.29) is 18.9 Å². The lowest BCUT2D eigenvalue weighted by molar-refractivity contribution is -0.150. The van der Waals surface area contributed by atoms with Gasteiger partial charge in [-0.25, -0.2) is 4.79 Å². The molecule has 7 heteroatoms. The summed E-state index contributed by atoms with van der Waals surface area (Å²) in [5.41, 5.74) is 2.33. The number of esters is 1. The van der Waals surface area contributed by atoms with Gasteiger partial charge in [0.1, 0.15) is 24.2 Å². The van der Waals surface area contributed by atoms with E-state index < -0.39 is 23.4 Å². The molecule has 1 aromatic rings. The van der Waals surface area contributed by atoms with E-state index in [1.165, 1.54) is 0 Å². The Hall–Kier alpha value is -1.98.